The molecule has 3 aromatic rings. The Bertz CT molecular complexity index is 1380. The molecule has 5 rings (SSSR count). The highest BCUT2D eigenvalue weighted by Gasteiger charge is 2.42. The molecule has 2 aliphatic rings. The highest BCUT2D eigenvalue weighted by Crippen LogP contribution is 2.37. The molecule has 0 aliphatic carbocycles. The lowest BCUT2D eigenvalue weighted by Crippen LogP contribution is -2.39. The van der Waals surface area contributed by atoms with Gasteiger partial charge in [0, 0.05) is 22.3 Å². The van der Waals surface area contributed by atoms with Crippen LogP contribution in [0.3, 0.4) is 0 Å². The van der Waals surface area contributed by atoms with Crippen molar-refractivity contribution in [3.05, 3.63) is 76.3 Å². The topological polar surface area (TPSA) is 72.3 Å². The van der Waals surface area contributed by atoms with Crippen molar-refractivity contribution in [2.75, 3.05) is 11.5 Å². The molecule has 6 nitrogen and oxygen atoms in total. The van der Waals surface area contributed by atoms with Crippen LogP contribution in [0.4, 0.5) is 0 Å². The number of hydrogen-bond acceptors (Lipinski definition) is 6. The molecule has 0 spiro atoms. The second-order valence-electron chi connectivity index (χ2n) is 7.83. The second-order valence-corrected chi connectivity index (χ2v) is 12.2. The van der Waals surface area contributed by atoms with Gasteiger partial charge in [0.1, 0.15) is 4.32 Å². The lowest BCUT2D eigenvalue weighted by molar-refractivity contribution is -0.123. The predicted molar refractivity (Wildman–Crippen MR) is 136 cm³/mol. The maximum atomic E-state index is 13.2. The average molecular weight is 516 g/mol. The Balaban J connectivity index is 1.54. The zero-order valence-corrected chi connectivity index (χ0v) is 20.4. The van der Waals surface area contributed by atoms with Gasteiger partial charge in [-0.1, -0.05) is 65.9 Å². The smallest absolute Gasteiger partial charge is 0.266 e. The number of aromatic nitrogens is 2. The van der Waals surface area contributed by atoms with Crippen molar-refractivity contribution in [1.29, 1.82) is 0 Å². The van der Waals surface area contributed by atoms with E-state index in [9.17, 15) is 13.2 Å². The van der Waals surface area contributed by atoms with Crippen LogP contribution in [0.15, 0.2) is 65.7 Å². The summed E-state index contributed by atoms with van der Waals surface area (Å²) in [5.41, 5.74) is 3.19. The van der Waals surface area contributed by atoms with Crippen LogP contribution < -0.4 is 0 Å². The van der Waals surface area contributed by atoms with Gasteiger partial charge in [-0.15, -0.1) is 0 Å². The Labute approximate surface area is 206 Å². The SMILES string of the molecule is O=C1/C(=C\c2cn(-c3ccccc3)nc2-c2ccc(Cl)cc2)SC(=S)N1C1CCS(=O)(=O)C1. The van der Waals surface area contributed by atoms with Gasteiger partial charge < -0.3 is 0 Å². The average Bonchev–Trinajstić information content (AvgIpc) is 3.45. The van der Waals surface area contributed by atoms with Gasteiger partial charge in [0.25, 0.3) is 5.91 Å². The Morgan fingerprint density at radius 2 is 1.85 bits per heavy atom. The summed E-state index contributed by atoms with van der Waals surface area (Å²) in [6.45, 7) is 0. The van der Waals surface area contributed by atoms with Crippen LogP contribution in [0, 0.1) is 0 Å². The molecule has 2 aromatic carbocycles. The van der Waals surface area contributed by atoms with E-state index in [0.717, 1.165) is 16.8 Å². The van der Waals surface area contributed by atoms with E-state index in [1.165, 1.54) is 16.7 Å². The first kappa shape index (κ1) is 22.3. The Hall–Kier alpha value is -2.46. The van der Waals surface area contributed by atoms with Gasteiger partial charge in [-0.2, -0.15) is 5.10 Å². The quantitative estimate of drug-likeness (QED) is 0.374. The number of sulfone groups is 1. The maximum absolute atomic E-state index is 13.2. The summed E-state index contributed by atoms with van der Waals surface area (Å²) in [5.74, 6) is -0.228. The zero-order chi connectivity index (χ0) is 23.2. The van der Waals surface area contributed by atoms with Gasteiger partial charge in [0.2, 0.25) is 0 Å². The molecule has 0 saturated carbocycles. The van der Waals surface area contributed by atoms with E-state index in [1.807, 2.05) is 48.7 Å². The van der Waals surface area contributed by atoms with Crippen molar-refractivity contribution in [2.24, 2.45) is 0 Å². The largest absolute Gasteiger partial charge is 0.289 e. The lowest BCUT2D eigenvalue weighted by atomic mass is 10.1. The molecule has 2 saturated heterocycles. The minimum atomic E-state index is -3.14. The van der Waals surface area contributed by atoms with Crippen LogP contribution in [0.1, 0.15) is 12.0 Å². The van der Waals surface area contributed by atoms with Crippen molar-refractivity contribution < 1.29 is 13.2 Å². The summed E-state index contributed by atoms with van der Waals surface area (Å²) in [6.07, 6.45) is 4.05. The van der Waals surface area contributed by atoms with Gasteiger partial charge in [0.05, 0.1) is 33.8 Å². The summed E-state index contributed by atoms with van der Waals surface area (Å²) in [7, 11) is -3.14. The lowest BCUT2D eigenvalue weighted by Gasteiger charge is -2.20. The summed E-state index contributed by atoms with van der Waals surface area (Å²) >= 11 is 12.7. The number of carbonyl (C=O) groups is 1. The molecule has 3 heterocycles. The molecule has 0 N–H and O–H groups in total. The number of halogens is 1. The van der Waals surface area contributed by atoms with E-state index in [2.05, 4.69) is 0 Å². The van der Waals surface area contributed by atoms with Crippen LogP contribution in [-0.4, -0.2) is 50.9 Å². The van der Waals surface area contributed by atoms with Gasteiger partial charge in [-0.25, -0.2) is 13.1 Å². The predicted octanol–water partition coefficient (Wildman–Crippen LogP) is 4.58. The van der Waals surface area contributed by atoms with Crippen LogP contribution >= 0.6 is 35.6 Å². The van der Waals surface area contributed by atoms with E-state index >= 15 is 0 Å². The van der Waals surface area contributed by atoms with Crippen LogP contribution in [-0.2, 0) is 14.6 Å². The third-order valence-corrected chi connectivity index (χ3v) is 8.90. The van der Waals surface area contributed by atoms with E-state index < -0.39 is 15.9 Å². The zero-order valence-electron chi connectivity index (χ0n) is 17.2. The molecule has 1 amide bonds. The molecule has 1 unspecified atom stereocenters. The first-order valence-electron chi connectivity index (χ1n) is 10.2. The summed E-state index contributed by atoms with van der Waals surface area (Å²) in [5, 5.41) is 5.39. The molecule has 0 radical (unpaired) electrons. The molecule has 1 aromatic heterocycles. The number of rotatable bonds is 4. The van der Waals surface area contributed by atoms with Crippen LogP contribution in [0.25, 0.3) is 23.0 Å². The number of hydrogen-bond donors (Lipinski definition) is 0. The standard InChI is InChI=1S/C23H18ClN3O3S3/c24-17-8-6-15(7-9-17)21-16(13-26(25-21)18-4-2-1-3-5-18)12-20-22(28)27(23(31)32-20)19-10-11-33(29,30)14-19/h1-9,12-13,19H,10-11,14H2/b20-12+. The molecular weight excluding hydrogens is 498 g/mol. The molecule has 1 atom stereocenters. The fourth-order valence-corrected chi connectivity index (χ4v) is 7.17. The van der Waals surface area contributed by atoms with Crippen molar-refractivity contribution in [3.63, 3.8) is 0 Å². The number of thioether (sulfide) groups is 1. The van der Waals surface area contributed by atoms with E-state index in [1.54, 1.807) is 22.9 Å². The Morgan fingerprint density at radius 3 is 2.52 bits per heavy atom. The third-order valence-electron chi connectivity index (χ3n) is 5.56. The maximum Gasteiger partial charge on any atom is 0.266 e. The third kappa shape index (κ3) is 4.50. The molecule has 168 valence electrons. The van der Waals surface area contributed by atoms with E-state index in [-0.39, 0.29) is 17.4 Å². The highest BCUT2D eigenvalue weighted by molar-refractivity contribution is 8.26. The van der Waals surface area contributed by atoms with Gasteiger partial charge in [0.15, 0.2) is 9.84 Å². The number of nitrogens with zero attached hydrogens (tertiary/aromatic N) is 3. The first-order valence-corrected chi connectivity index (χ1v) is 13.6. The Morgan fingerprint density at radius 1 is 1.12 bits per heavy atom. The minimum Gasteiger partial charge on any atom is -0.289 e. The van der Waals surface area contributed by atoms with Crippen molar-refractivity contribution >= 4 is 61.7 Å². The number of benzene rings is 2. The number of thiocarbonyl (C=S) groups is 1. The fraction of sp³-hybridized carbons (Fsp3) is 0.174. The monoisotopic (exact) mass is 515 g/mol. The molecule has 2 aliphatic heterocycles. The molecule has 10 heteroatoms. The highest BCUT2D eigenvalue weighted by atomic mass is 35.5. The number of carbonyl (C=O) groups excluding carboxylic acids is 1. The Kier molecular flexibility index (Phi) is 5.90. The minimum absolute atomic E-state index is 0.0469. The number of amides is 1. The number of para-hydroxylation sites is 1. The normalized spacial score (nSPS) is 21.3. The van der Waals surface area contributed by atoms with Gasteiger partial charge in [-0.05, 0) is 36.8 Å². The van der Waals surface area contributed by atoms with Crippen molar-refractivity contribution in [1.82, 2.24) is 14.7 Å². The van der Waals surface area contributed by atoms with Crippen molar-refractivity contribution in [3.8, 4) is 16.9 Å². The molecular formula is C23H18ClN3O3S3. The molecule has 33 heavy (non-hydrogen) atoms. The summed E-state index contributed by atoms with van der Waals surface area (Å²) < 4.78 is 26.0. The molecule has 0 bridgehead atoms. The fourth-order valence-electron chi connectivity index (χ4n) is 3.95. The summed E-state index contributed by atoms with van der Waals surface area (Å²) in [6, 6.07) is 16.6. The van der Waals surface area contributed by atoms with Gasteiger partial charge in [-0.3, -0.25) is 9.69 Å². The molecule has 2 fully saturated rings. The van der Waals surface area contributed by atoms with Crippen molar-refractivity contribution in [2.45, 2.75) is 12.5 Å². The summed E-state index contributed by atoms with van der Waals surface area (Å²) in [4.78, 5) is 15.1. The van der Waals surface area contributed by atoms with E-state index in [4.69, 9.17) is 28.9 Å². The van der Waals surface area contributed by atoms with E-state index in [0.29, 0.717) is 26.4 Å². The van der Waals surface area contributed by atoms with Gasteiger partial charge >= 0.3 is 0 Å². The van der Waals surface area contributed by atoms with Crippen LogP contribution in [0.5, 0.6) is 0 Å². The second kappa shape index (κ2) is 8.72. The first-order chi connectivity index (χ1) is 15.8. The van der Waals surface area contributed by atoms with Crippen LogP contribution in [0.2, 0.25) is 5.02 Å².